The number of rotatable bonds is 6. The molecule has 6 heteroatoms. The van der Waals surface area contributed by atoms with Gasteiger partial charge in [0.05, 0.1) is 18.8 Å². The average molecular weight is 406 g/mol. The van der Waals surface area contributed by atoms with Crippen molar-refractivity contribution in [3.63, 3.8) is 0 Å². The molecule has 3 nitrogen and oxygen atoms in total. The Balaban J connectivity index is 1.63. The molecule has 0 atom stereocenters. The number of Topliss-reactive ketones (excluding diaryl/α,β-unsaturated/α-hetero) is 1. The average Bonchev–Trinajstić information content (AvgIpc) is 2.68. The van der Waals surface area contributed by atoms with E-state index < -0.39 is 11.7 Å². The molecule has 2 aromatic carbocycles. The fourth-order valence-corrected chi connectivity index (χ4v) is 3.27. The van der Waals surface area contributed by atoms with Crippen molar-refractivity contribution in [2.75, 3.05) is 13.2 Å². The van der Waals surface area contributed by atoms with Gasteiger partial charge < -0.3 is 9.47 Å². The third-order valence-corrected chi connectivity index (χ3v) is 4.91. The van der Waals surface area contributed by atoms with Crippen LogP contribution in [-0.4, -0.2) is 25.3 Å². The summed E-state index contributed by atoms with van der Waals surface area (Å²) >= 11 is 0. The number of ketones is 1. The molecule has 0 unspecified atom stereocenters. The number of carbonyl (C=O) groups is 1. The highest BCUT2D eigenvalue weighted by Crippen LogP contribution is 2.32. The first-order chi connectivity index (χ1) is 13.7. The molecule has 0 bridgehead atoms. The molecule has 156 valence electrons. The second-order valence-corrected chi connectivity index (χ2v) is 8.15. The van der Waals surface area contributed by atoms with Gasteiger partial charge in [0.1, 0.15) is 0 Å². The lowest BCUT2D eigenvalue weighted by atomic mass is 9.94. The van der Waals surface area contributed by atoms with E-state index >= 15 is 0 Å². The van der Waals surface area contributed by atoms with Crippen molar-refractivity contribution < 1.29 is 27.4 Å². The molecule has 0 amide bonds. The maximum Gasteiger partial charge on any atom is 0.416 e. The SMILES string of the molecule is CC1(C)COC(CCCC(=O)c2ccccc2-c2ccc(C(F)(F)F)cc2)OC1. The van der Waals surface area contributed by atoms with Crippen molar-refractivity contribution in [1.82, 2.24) is 0 Å². The third kappa shape index (κ3) is 5.67. The van der Waals surface area contributed by atoms with E-state index in [0.29, 0.717) is 49.2 Å². The Morgan fingerprint density at radius 1 is 1.03 bits per heavy atom. The Kier molecular flexibility index (Phi) is 6.44. The molecule has 1 aliphatic heterocycles. The summed E-state index contributed by atoms with van der Waals surface area (Å²) in [6.07, 6.45) is -3.10. The van der Waals surface area contributed by atoms with Gasteiger partial charge in [-0.05, 0) is 36.1 Å². The lowest BCUT2D eigenvalue weighted by Gasteiger charge is -2.34. The van der Waals surface area contributed by atoms with E-state index in [4.69, 9.17) is 9.47 Å². The van der Waals surface area contributed by atoms with Crippen LogP contribution in [0.3, 0.4) is 0 Å². The van der Waals surface area contributed by atoms with Crippen molar-refractivity contribution in [1.29, 1.82) is 0 Å². The topological polar surface area (TPSA) is 35.5 Å². The highest BCUT2D eigenvalue weighted by Gasteiger charge is 2.30. The van der Waals surface area contributed by atoms with Crippen LogP contribution in [0.5, 0.6) is 0 Å². The first kappa shape index (κ1) is 21.5. The molecule has 2 aromatic rings. The van der Waals surface area contributed by atoms with Crippen molar-refractivity contribution in [3.05, 3.63) is 59.7 Å². The van der Waals surface area contributed by atoms with Crippen molar-refractivity contribution in [2.24, 2.45) is 5.41 Å². The first-order valence-corrected chi connectivity index (χ1v) is 9.69. The van der Waals surface area contributed by atoms with Crippen LogP contribution in [0, 0.1) is 5.41 Å². The van der Waals surface area contributed by atoms with Crippen LogP contribution >= 0.6 is 0 Å². The summed E-state index contributed by atoms with van der Waals surface area (Å²) in [6.45, 7) is 5.40. The van der Waals surface area contributed by atoms with E-state index in [9.17, 15) is 18.0 Å². The highest BCUT2D eigenvalue weighted by atomic mass is 19.4. The number of benzene rings is 2. The summed E-state index contributed by atoms with van der Waals surface area (Å²) in [5.41, 5.74) is 1.04. The van der Waals surface area contributed by atoms with Gasteiger partial charge in [-0.15, -0.1) is 0 Å². The van der Waals surface area contributed by atoms with Gasteiger partial charge in [-0.25, -0.2) is 0 Å². The quantitative estimate of drug-likeness (QED) is 0.542. The predicted octanol–water partition coefficient (Wildman–Crippen LogP) is 6.12. The van der Waals surface area contributed by atoms with Crippen LogP contribution in [0.2, 0.25) is 0 Å². The smallest absolute Gasteiger partial charge is 0.352 e. The third-order valence-electron chi connectivity index (χ3n) is 4.91. The van der Waals surface area contributed by atoms with Gasteiger partial charge in [-0.2, -0.15) is 13.2 Å². The molecule has 1 aliphatic rings. The lowest BCUT2D eigenvalue weighted by Crippen LogP contribution is -2.37. The molecule has 0 N–H and O–H groups in total. The van der Waals surface area contributed by atoms with Crippen molar-refractivity contribution >= 4 is 5.78 Å². The van der Waals surface area contributed by atoms with Gasteiger partial charge in [0, 0.05) is 17.4 Å². The number of ether oxygens (including phenoxy) is 2. The number of halogens is 3. The van der Waals surface area contributed by atoms with E-state index in [1.165, 1.54) is 12.1 Å². The zero-order valence-electron chi connectivity index (χ0n) is 16.6. The molecule has 0 radical (unpaired) electrons. The fourth-order valence-electron chi connectivity index (χ4n) is 3.27. The van der Waals surface area contributed by atoms with Gasteiger partial charge in [0.25, 0.3) is 0 Å². The van der Waals surface area contributed by atoms with Gasteiger partial charge in [-0.3, -0.25) is 4.79 Å². The maximum atomic E-state index is 12.8. The summed E-state index contributed by atoms with van der Waals surface area (Å²) in [5.74, 6) is -0.0448. The Morgan fingerprint density at radius 2 is 1.66 bits per heavy atom. The van der Waals surface area contributed by atoms with Crippen LogP contribution in [0.4, 0.5) is 13.2 Å². The monoisotopic (exact) mass is 406 g/mol. The number of hydrogen-bond acceptors (Lipinski definition) is 3. The molecule has 1 fully saturated rings. The Labute approximate surface area is 168 Å². The largest absolute Gasteiger partial charge is 0.416 e. The van der Waals surface area contributed by atoms with Crippen LogP contribution in [0.25, 0.3) is 11.1 Å². The Bertz CT molecular complexity index is 831. The molecule has 3 rings (SSSR count). The second kappa shape index (κ2) is 8.67. The van der Waals surface area contributed by atoms with E-state index in [0.717, 1.165) is 12.1 Å². The van der Waals surface area contributed by atoms with E-state index in [1.54, 1.807) is 24.3 Å². The van der Waals surface area contributed by atoms with E-state index in [-0.39, 0.29) is 17.5 Å². The van der Waals surface area contributed by atoms with Crippen LogP contribution in [0.1, 0.15) is 49.0 Å². The fraction of sp³-hybridized carbons (Fsp3) is 0.435. The Morgan fingerprint density at radius 3 is 2.28 bits per heavy atom. The second-order valence-electron chi connectivity index (χ2n) is 8.15. The number of carbonyl (C=O) groups excluding carboxylic acids is 1. The molecule has 1 saturated heterocycles. The van der Waals surface area contributed by atoms with Gasteiger partial charge in [0.2, 0.25) is 0 Å². The zero-order chi connectivity index (χ0) is 21.1. The predicted molar refractivity (Wildman–Crippen MR) is 105 cm³/mol. The summed E-state index contributed by atoms with van der Waals surface area (Å²) in [5, 5.41) is 0. The summed E-state index contributed by atoms with van der Waals surface area (Å²) in [7, 11) is 0. The number of alkyl halides is 3. The van der Waals surface area contributed by atoms with Crippen LogP contribution in [-0.2, 0) is 15.7 Å². The lowest BCUT2D eigenvalue weighted by molar-refractivity contribution is -0.223. The normalized spacial score (nSPS) is 17.3. The number of hydrogen-bond donors (Lipinski definition) is 0. The maximum absolute atomic E-state index is 12.8. The summed E-state index contributed by atoms with van der Waals surface area (Å²) in [4.78, 5) is 12.7. The molecular formula is C23H25F3O3. The minimum absolute atomic E-state index is 0.00687. The van der Waals surface area contributed by atoms with Crippen molar-refractivity contribution in [3.8, 4) is 11.1 Å². The van der Waals surface area contributed by atoms with Crippen LogP contribution in [0.15, 0.2) is 48.5 Å². The zero-order valence-corrected chi connectivity index (χ0v) is 16.6. The van der Waals surface area contributed by atoms with Crippen molar-refractivity contribution in [2.45, 2.75) is 45.6 Å². The summed E-state index contributed by atoms with van der Waals surface area (Å²) in [6, 6.07) is 11.9. The Hall–Kier alpha value is -2.18. The molecule has 29 heavy (non-hydrogen) atoms. The van der Waals surface area contributed by atoms with Crippen LogP contribution < -0.4 is 0 Å². The summed E-state index contributed by atoms with van der Waals surface area (Å²) < 4.78 is 49.7. The molecular weight excluding hydrogens is 381 g/mol. The molecule has 0 saturated carbocycles. The van der Waals surface area contributed by atoms with Gasteiger partial charge >= 0.3 is 6.18 Å². The molecule has 0 spiro atoms. The van der Waals surface area contributed by atoms with Gasteiger partial charge in [-0.1, -0.05) is 50.2 Å². The van der Waals surface area contributed by atoms with Gasteiger partial charge in [0.15, 0.2) is 12.1 Å². The highest BCUT2D eigenvalue weighted by molar-refractivity contribution is 6.02. The minimum atomic E-state index is -4.38. The standard InChI is InChI=1S/C23H25F3O3/c1-22(2)14-28-21(29-15-22)9-5-8-20(27)19-7-4-3-6-18(19)16-10-12-17(13-11-16)23(24,25)26/h3-4,6-7,10-13,21H,5,8-9,14-15H2,1-2H3. The first-order valence-electron chi connectivity index (χ1n) is 9.69. The molecule has 0 aliphatic carbocycles. The van der Waals surface area contributed by atoms with E-state index in [1.807, 2.05) is 0 Å². The van der Waals surface area contributed by atoms with E-state index in [2.05, 4.69) is 13.8 Å². The minimum Gasteiger partial charge on any atom is -0.352 e. The molecule has 1 heterocycles. The molecule has 0 aromatic heterocycles.